The molecule has 0 fully saturated rings. The number of alkyl halides is 3. The maximum absolute atomic E-state index is 12.3. The van der Waals surface area contributed by atoms with E-state index >= 15 is 0 Å². The highest BCUT2D eigenvalue weighted by molar-refractivity contribution is 7.46. The second-order valence-electron chi connectivity index (χ2n) is 3.32. The molecule has 0 saturated heterocycles. The van der Waals surface area contributed by atoms with E-state index in [0.29, 0.717) is 0 Å². The maximum atomic E-state index is 12.3. The van der Waals surface area contributed by atoms with Gasteiger partial charge in [0.2, 0.25) is 0 Å². The van der Waals surface area contributed by atoms with Crippen LogP contribution in [0.1, 0.15) is 19.3 Å². The van der Waals surface area contributed by atoms with Gasteiger partial charge in [-0.1, -0.05) is 0 Å². The number of rotatable bonds is 5. The van der Waals surface area contributed by atoms with Crippen LogP contribution in [0.15, 0.2) is 0 Å². The molecule has 0 aromatic carbocycles. The van der Waals surface area contributed by atoms with Crippen LogP contribution >= 0.6 is 7.82 Å². The van der Waals surface area contributed by atoms with Crippen molar-refractivity contribution in [2.24, 2.45) is 0 Å². The summed E-state index contributed by atoms with van der Waals surface area (Å²) >= 11 is 0. The highest BCUT2D eigenvalue weighted by Crippen LogP contribution is 2.47. The first kappa shape index (κ1) is 16.0. The van der Waals surface area contributed by atoms with Gasteiger partial charge in [0, 0.05) is 12.8 Å². The normalized spacial score (nSPS) is 12.9. The topological polar surface area (TPSA) is 66.8 Å². The van der Waals surface area contributed by atoms with E-state index in [-0.39, 0.29) is 0 Å². The molecular weight excluding hydrogens is 260 g/mol. The molecule has 0 unspecified atom stereocenters. The number of hydrogen-bond acceptors (Lipinski definition) is 2. The molecule has 0 aromatic rings. The van der Waals surface area contributed by atoms with E-state index < -0.39 is 38.9 Å². The summed E-state index contributed by atoms with van der Waals surface area (Å²) in [5.74, 6) is 3.75. The Morgan fingerprint density at radius 1 is 1.18 bits per heavy atom. The Kier molecular flexibility index (Phi) is 5.25. The highest BCUT2D eigenvalue weighted by atomic mass is 31.2. The fraction of sp³-hybridized carbons (Fsp3) is 0.556. The van der Waals surface area contributed by atoms with Crippen LogP contribution in [0.25, 0.3) is 0 Å². The quantitative estimate of drug-likeness (QED) is 0.591. The van der Waals surface area contributed by atoms with Crippen LogP contribution in [0.3, 0.4) is 0 Å². The Labute approximate surface area is 96.4 Å². The summed E-state index contributed by atoms with van der Waals surface area (Å²) in [6.07, 6.45) is 2.09. The number of phosphoric acid groups is 1. The minimum atomic E-state index is -5.12. The van der Waals surface area contributed by atoms with E-state index in [1.54, 1.807) is 0 Å². The first-order valence-corrected chi connectivity index (χ1v) is 5.77. The molecule has 0 aliphatic rings. The third-order valence-electron chi connectivity index (χ3n) is 1.68. The molecule has 8 heteroatoms. The second-order valence-corrected chi connectivity index (χ2v) is 4.48. The van der Waals surface area contributed by atoms with Crippen molar-refractivity contribution in [2.75, 3.05) is 0 Å². The predicted molar refractivity (Wildman–Crippen MR) is 53.4 cm³/mol. The van der Waals surface area contributed by atoms with Crippen LogP contribution in [0.2, 0.25) is 0 Å². The third kappa shape index (κ3) is 7.04. The van der Waals surface area contributed by atoms with Crippen molar-refractivity contribution in [2.45, 2.75) is 31.0 Å². The number of halogens is 3. The first-order chi connectivity index (χ1) is 7.54. The summed E-state index contributed by atoms with van der Waals surface area (Å²) in [5, 5.41) is 0. The van der Waals surface area contributed by atoms with Crippen molar-refractivity contribution in [3.63, 3.8) is 0 Å². The molecule has 0 aliphatic heterocycles. The van der Waals surface area contributed by atoms with Crippen LogP contribution in [0.5, 0.6) is 0 Å². The van der Waals surface area contributed by atoms with Crippen molar-refractivity contribution >= 4 is 7.82 Å². The van der Waals surface area contributed by atoms with Crippen molar-refractivity contribution < 1.29 is 32.0 Å². The molecule has 0 bridgehead atoms. The summed E-state index contributed by atoms with van der Waals surface area (Å²) in [5.41, 5.74) is -2.29. The van der Waals surface area contributed by atoms with Gasteiger partial charge >= 0.3 is 14.0 Å². The van der Waals surface area contributed by atoms with Crippen molar-refractivity contribution in [1.29, 1.82) is 0 Å². The molecule has 0 aliphatic carbocycles. The van der Waals surface area contributed by atoms with Crippen LogP contribution < -0.4 is 0 Å². The molecule has 0 saturated carbocycles. The van der Waals surface area contributed by atoms with Crippen LogP contribution in [-0.4, -0.2) is 21.6 Å². The molecule has 0 atom stereocenters. The van der Waals surface area contributed by atoms with Crippen LogP contribution in [0, 0.1) is 24.7 Å². The average Bonchev–Trinajstić information content (AvgIpc) is 1.96. The van der Waals surface area contributed by atoms with Crippen LogP contribution in [-0.2, 0) is 9.09 Å². The molecule has 0 amide bonds. The van der Waals surface area contributed by atoms with Gasteiger partial charge in [-0.3, -0.25) is 4.52 Å². The van der Waals surface area contributed by atoms with E-state index in [9.17, 15) is 17.7 Å². The maximum Gasteiger partial charge on any atom is 0.470 e. The summed E-state index contributed by atoms with van der Waals surface area (Å²) in [7, 11) is -5.12. The molecule has 0 aromatic heterocycles. The van der Waals surface area contributed by atoms with Gasteiger partial charge in [-0.15, -0.1) is 24.7 Å². The largest absolute Gasteiger partial charge is 0.470 e. The second kappa shape index (κ2) is 5.57. The Morgan fingerprint density at radius 2 is 1.59 bits per heavy atom. The lowest BCUT2D eigenvalue weighted by molar-refractivity contribution is -0.171. The molecule has 0 heterocycles. The van der Waals surface area contributed by atoms with Crippen molar-refractivity contribution in [3.05, 3.63) is 0 Å². The van der Waals surface area contributed by atoms with E-state index in [2.05, 4.69) is 4.52 Å². The summed E-state index contributed by atoms with van der Waals surface area (Å²) in [6, 6.07) is 0. The first-order valence-electron chi connectivity index (χ1n) is 4.23. The monoisotopic (exact) mass is 270 g/mol. The lowest BCUT2D eigenvalue weighted by atomic mass is 9.92. The number of terminal acetylenes is 2. The zero-order valence-electron chi connectivity index (χ0n) is 8.57. The van der Waals surface area contributed by atoms with Gasteiger partial charge in [0.15, 0.2) is 0 Å². The SMILES string of the molecule is C#CCC(CC#C)(CC(F)(F)F)OP(=O)(O)O. The standard InChI is InChI=1S/C9H10F3O4P/c1-3-5-8(6-4-2,7-9(10,11)12)16-17(13,14)15/h1-2H,5-7H2,(H2,13,14,15). The van der Waals surface area contributed by atoms with E-state index in [0.717, 1.165) is 0 Å². The van der Waals surface area contributed by atoms with Crippen molar-refractivity contribution in [1.82, 2.24) is 0 Å². The zero-order valence-corrected chi connectivity index (χ0v) is 9.46. The molecule has 17 heavy (non-hydrogen) atoms. The van der Waals surface area contributed by atoms with Gasteiger partial charge in [0.1, 0.15) is 5.60 Å². The van der Waals surface area contributed by atoms with E-state index in [4.69, 9.17) is 22.6 Å². The summed E-state index contributed by atoms with van der Waals surface area (Å²) in [4.78, 5) is 17.2. The molecule has 4 nitrogen and oxygen atoms in total. The van der Waals surface area contributed by atoms with Gasteiger partial charge in [0.05, 0.1) is 6.42 Å². The van der Waals surface area contributed by atoms with Gasteiger partial charge in [0.25, 0.3) is 0 Å². The predicted octanol–water partition coefficient (Wildman–Crippen LogP) is 1.83. The third-order valence-corrected chi connectivity index (χ3v) is 2.31. The van der Waals surface area contributed by atoms with E-state index in [1.165, 1.54) is 0 Å². The molecule has 0 spiro atoms. The minimum Gasteiger partial charge on any atom is -0.303 e. The zero-order chi connectivity index (χ0) is 13.7. The lowest BCUT2D eigenvalue weighted by Gasteiger charge is -2.31. The van der Waals surface area contributed by atoms with Gasteiger partial charge in [-0.25, -0.2) is 4.57 Å². The number of hydrogen-bond donors (Lipinski definition) is 2. The van der Waals surface area contributed by atoms with Crippen molar-refractivity contribution in [3.8, 4) is 24.7 Å². The minimum absolute atomic E-state index is 0.651. The van der Waals surface area contributed by atoms with Gasteiger partial charge < -0.3 is 9.79 Å². The molecule has 0 rings (SSSR count). The average molecular weight is 270 g/mol. The number of phosphoric ester groups is 1. The summed E-state index contributed by atoms with van der Waals surface area (Å²) in [6.45, 7) is 0. The molecular formula is C9H10F3O4P. The Balaban J connectivity index is 5.22. The molecule has 2 N–H and O–H groups in total. The van der Waals surface area contributed by atoms with E-state index in [1.807, 2.05) is 11.8 Å². The van der Waals surface area contributed by atoms with Gasteiger partial charge in [-0.2, -0.15) is 13.2 Å². The fourth-order valence-electron chi connectivity index (χ4n) is 1.27. The Morgan fingerprint density at radius 3 is 1.82 bits per heavy atom. The van der Waals surface area contributed by atoms with Crippen LogP contribution in [0.4, 0.5) is 13.2 Å². The fourth-order valence-corrected chi connectivity index (χ4v) is 1.97. The highest BCUT2D eigenvalue weighted by Gasteiger charge is 2.46. The molecule has 0 radical (unpaired) electrons. The Hall–Kier alpha value is -0.980. The summed E-state index contributed by atoms with van der Waals surface area (Å²) < 4.78 is 51.7. The smallest absolute Gasteiger partial charge is 0.303 e. The molecule has 96 valence electrons. The lowest BCUT2D eigenvalue weighted by Crippen LogP contribution is -2.36. The van der Waals surface area contributed by atoms with Gasteiger partial charge in [-0.05, 0) is 0 Å². The Bertz CT molecular complexity index is 369.